The average Bonchev–Trinajstić information content (AvgIpc) is 2.23. The largest absolute Gasteiger partial charge is 0.406 e. The molecule has 1 heterocycles. The Bertz CT molecular complexity index is 406. The van der Waals surface area contributed by atoms with Crippen LogP contribution >= 0.6 is 0 Å². The molecular formula is C10H12F3N3O. The predicted octanol–water partition coefficient (Wildman–Crippen LogP) is 1.69. The lowest BCUT2D eigenvalue weighted by Gasteiger charge is -2.22. The van der Waals surface area contributed by atoms with Gasteiger partial charge in [-0.15, -0.1) is 0 Å². The summed E-state index contributed by atoms with van der Waals surface area (Å²) in [7, 11) is 0. The van der Waals surface area contributed by atoms with Crippen molar-refractivity contribution in [3.05, 3.63) is 23.9 Å². The molecule has 1 rings (SSSR count). The van der Waals surface area contributed by atoms with Crippen LogP contribution in [0.1, 0.15) is 17.3 Å². The maximum absolute atomic E-state index is 12.2. The van der Waals surface area contributed by atoms with Gasteiger partial charge in [0.15, 0.2) is 0 Å². The molecule has 0 aliphatic heterocycles. The van der Waals surface area contributed by atoms with Gasteiger partial charge in [-0.1, -0.05) is 0 Å². The third kappa shape index (κ3) is 3.93. The number of halogens is 3. The Labute approximate surface area is 96.2 Å². The number of rotatable bonds is 3. The van der Waals surface area contributed by atoms with Crippen LogP contribution in [-0.2, 0) is 0 Å². The Morgan fingerprint density at radius 1 is 1.53 bits per heavy atom. The van der Waals surface area contributed by atoms with Gasteiger partial charge in [-0.2, -0.15) is 13.2 Å². The molecule has 0 radical (unpaired) electrons. The first-order chi connectivity index (χ1) is 7.83. The highest BCUT2D eigenvalue weighted by atomic mass is 19.4. The number of nitrogens with zero attached hydrogens (tertiary/aromatic N) is 2. The molecule has 1 aromatic heterocycles. The summed E-state index contributed by atoms with van der Waals surface area (Å²) in [6.45, 7) is 0.180. The number of carbonyl (C=O) groups excluding carboxylic acids is 1. The Morgan fingerprint density at radius 2 is 2.18 bits per heavy atom. The molecule has 17 heavy (non-hydrogen) atoms. The Kier molecular flexibility index (Phi) is 3.93. The molecule has 2 N–H and O–H groups in total. The number of pyridine rings is 1. The highest BCUT2D eigenvalue weighted by molar-refractivity contribution is 5.94. The van der Waals surface area contributed by atoms with Crippen molar-refractivity contribution in [2.45, 2.75) is 13.1 Å². The van der Waals surface area contributed by atoms with Crippen molar-refractivity contribution in [2.75, 3.05) is 18.8 Å². The van der Waals surface area contributed by atoms with Crippen molar-refractivity contribution in [3.8, 4) is 0 Å². The van der Waals surface area contributed by atoms with Gasteiger partial charge in [-0.25, -0.2) is 4.98 Å². The van der Waals surface area contributed by atoms with Crippen LogP contribution < -0.4 is 5.73 Å². The molecule has 0 aromatic carbocycles. The first kappa shape index (κ1) is 13.3. The second-order valence-electron chi connectivity index (χ2n) is 3.40. The van der Waals surface area contributed by atoms with Crippen molar-refractivity contribution in [1.82, 2.24) is 9.88 Å². The monoisotopic (exact) mass is 247 g/mol. The summed E-state index contributed by atoms with van der Waals surface area (Å²) in [5.74, 6) is -0.613. The summed E-state index contributed by atoms with van der Waals surface area (Å²) in [6, 6.07) is 2.58. The van der Waals surface area contributed by atoms with Crippen LogP contribution in [0.4, 0.5) is 19.0 Å². The molecular weight excluding hydrogens is 235 g/mol. The van der Waals surface area contributed by atoms with Crippen LogP contribution in [-0.4, -0.2) is 35.1 Å². The van der Waals surface area contributed by atoms with E-state index in [1.807, 2.05) is 0 Å². The van der Waals surface area contributed by atoms with Crippen molar-refractivity contribution in [2.24, 2.45) is 0 Å². The van der Waals surface area contributed by atoms with E-state index in [2.05, 4.69) is 4.98 Å². The number of nitrogen functional groups attached to an aromatic ring is 1. The maximum Gasteiger partial charge on any atom is 0.406 e. The van der Waals surface area contributed by atoms with E-state index in [0.29, 0.717) is 4.90 Å². The molecule has 0 unspecified atom stereocenters. The summed E-state index contributed by atoms with van der Waals surface area (Å²) >= 11 is 0. The molecule has 0 spiro atoms. The van der Waals surface area contributed by atoms with Gasteiger partial charge in [-0.3, -0.25) is 4.79 Å². The van der Waals surface area contributed by atoms with Crippen molar-refractivity contribution < 1.29 is 18.0 Å². The van der Waals surface area contributed by atoms with Gasteiger partial charge >= 0.3 is 6.18 Å². The fourth-order valence-corrected chi connectivity index (χ4v) is 1.31. The van der Waals surface area contributed by atoms with Crippen molar-refractivity contribution in [1.29, 1.82) is 0 Å². The second-order valence-corrected chi connectivity index (χ2v) is 3.40. The number of alkyl halides is 3. The summed E-state index contributed by atoms with van der Waals surface area (Å²) in [5, 5.41) is 0. The van der Waals surface area contributed by atoms with Gasteiger partial charge in [0.2, 0.25) is 0 Å². The number of carbonyl (C=O) groups is 1. The normalized spacial score (nSPS) is 11.3. The summed E-state index contributed by atoms with van der Waals surface area (Å²) in [6.07, 6.45) is -3.13. The standard InChI is InChI=1S/C10H12F3N3O/c1-2-16(6-10(11,12)13)9(17)7-3-4-15-8(14)5-7/h3-5H,2,6H2,1H3,(H2,14,15). The number of hydrogen-bond donors (Lipinski definition) is 1. The summed E-state index contributed by atoms with van der Waals surface area (Å²) in [5.41, 5.74) is 5.46. The van der Waals surface area contributed by atoms with E-state index >= 15 is 0 Å². The minimum absolute atomic E-state index is 0.0272. The molecule has 0 aliphatic rings. The minimum Gasteiger partial charge on any atom is -0.384 e. The van der Waals surface area contributed by atoms with Crippen LogP contribution in [0.15, 0.2) is 18.3 Å². The zero-order chi connectivity index (χ0) is 13.1. The van der Waals surface area contributed by atoms with Crippen LogP contribution in [0, 0.1) is 0 Å². The Hall–Kier alpha value is -1.79. The number of aromatic nitrogens is 1. The minimum atomic E-state index is -4.41. The van der Waals surface area contributed by atoms with E-state index in [4.69, 9.17) is 5.73 Å². The van der Waals surface area contributed by atoms with Crippen LogP contribution in [0.3, 0.4) is 0 Å². The Morgan fingerprint density at radius 3 is 2.65 bits per heavy atom. The molecule has 0 aliphatic carbocycles. The van der Waals surface area contributed by atoms with E-state index < -0.39 is 18.6 Å². The number of hydrogen-bond acceptors (Lipinski definition) is 3. The fraction of sp³-hybridized carbons (Fsp3) is 0.400. The van der Waals surface area contributed by atoms with Gasteiger partial charge in [0.1, 0.15) is 12.4 Å². The molecule has 0 bridgehead atoms. The summed E-state index contributed by atoms with van der Waals surface area (Å²) in [4.78, 5) is 16.1. The molecule has 0 fully saturated rings. The molecule has 1 aromatic rings. The first-order valence-corrected chi connectivity index (χ1v) is 4.91. The quantitative estimate of drug-likeness (QED) is 0.884. The molecule has 7 heteroatoms. The van der Waals surface area contributed by atoms with Gasteiger partial charge in [-0.05, 0) is 19.1 Å². The van der Waals surface area contributed by atoms with Gasteiger partial charge in [0, 0.05) is 18.3 Å². The number of anilines is 1. The third-order valence-corrected chi connectivity index (χ3v) is 2.07. The zero-order valence-corrected chi connectivity index (χ0v) is 9.16. The lowest BCUT2D eigenvalue weighted by atomic mass is 10.2. The molecule has 4 nitrogen and oxygen atoms in total. The van der Waals surface area contributed by atoms with Crippen LogP contribution in [0.2, 0.25) is 0 Å². The zero-order valence-electron chi connectivity index (χ0n) is 9.16. The molecule has 0 saturated carbocycles. The lowest BCUT2D eigenvalue weighted by molar-refractivity contribution is -0.140. The third-order valence-electron chi connectivity index (χ3n) is 2.07. The highest BCUT2D eigenvalue weighted by Crippen LogP contribution is 2.18. The molecule has 1 amide bonds. The lowest BCUT2D eigenvalue weighted by Crippen LogP contribution is -2.38. The molecule has 0 atom stereocenters. The topological polar surface area (TPSA) is 59.2 Å². The molecule has 0 saturated heterocycles. The highest BCUT2D eigenvalue weighted by Gasteiger charge is 2.32. The first-order valence-electron chi connectivity index (χ1n) is 4.91. The van der Waals surface area contributed by atoms with Crippen LogP contribution in [0.25, 0.3) is 0 Å². The van der Waals surface area contributed by atoms with Gasteiger partial charge in [0.05, 0.1) is 0 Å². The van der Waals surface area contributed by atoms with E-state index in [0.717, 1.165) is 0 Å². The fourth-order valence-electron chi connectivity index (χ4n) is 1.31. The van der Waals surface area contributed by atoms with E-state index in [1.54, 1.807) is 0 Å². The number of nitrogens with two attached hydrogens (primary N) is 1. The SMILES string of the molecule is CCN(CC(F)(F)F)C(=O)c1ccnc(N)c1. The molecule has 94 valence electrons. The van der Waals surface area contributed by atoms with Gasteiger partial charge in [0.25, 0.3) is 5.91 Å². The maximum atomic E-state index is 12.2. The van der Waals surface area contributed by atoms with Gasteiger partial charge < -0.3 is 10.6 Å². The van der Waals surface area contributed by atoms with Crippen LogP contribution in [0.5, 0.6) is 0 Å². The number of amides is 1. The van der Waals surface area contributed by atoms with E-state index in [9.17, 15) is 18.0 Å². The van der Waals surface area contributed by atoms with E-state index in [-0.39, 0.29) is 17.9 Å². The average molecular weight is 247 g/mol. The second kappa shape index (κ2) is 5.03. The summed E-state index contributed by atoms with van der Waals surface area (Å²) < 4.78 is 36.7. The Balaban J connectivity index is 2.87. The smallest absolute Gasteiger partial charge is 0.384 e. The van der Waals surface area contributed by atoms with Crippen molar-refractivity contribution >= 4 is 11.7 Å². The van der Waals surface area contributed by atoms with Crippen molar-refractivity contribution in [3.63, 3.8) is 0 Å². The van der Waals surface area contributed by atoms with E-state index in [1.165, 1.54) is 25.3 Å². The predicted molar refractivity (Wildman–Crippen MR) is 56.3 cm³/mol.